The minimum atomic E-state index is 0.781. The lowest BCUT2D eigenvalue weighted by atomic mass is 10.2. The average molecular weight is 187 g/mol. The Bertz CT molecular complexity index is 136. The second kappa shape index (κ2) is 5.91. The molecule has 0 bridgehead atoms. The van der Waals surface area contributed by atoms with Crippen LogP contribution >= 0.6 is 15.9 Å². The zero-order valence-corrected chi connectivity index (χ0v) is 7.29. The Balaban J connectivity index is 3.19. The van der Waals surface area contributed by atoms with Crippen molar-refractivity contribution in [3.63, 3.8) is 0 Å². The van der Waals surface area contributed by atoms with Gasteiger partial charge >= 0.3 is 0 Å². The molecule has 0 spiro atoms. The fraction of sp³-hybridized carbons (Fsp3) is 0.500. The summed E-state index contributed by atoms with van der Waals surface area (Å²) in [7, 11) is 0. The Labute approximate surface area is 65.5 Å². The molecule has 0 heterocycles. The minimum Gasteiger partial charge on any atom is -0.102 e. The van der Waals surface area contributed by atoms with Gasteiger partial charge in [-0.05, 0) is 13.3 Å². The van der Waals surface area contributed by atoms with E-state index in [4.69, 9.17) is 0 Å². The van der Waals surface area contributed by atoms with Gasteiger partial charge in [0.1, 0.15) is 0 Å². The van der Waals surface area contributed by atoms with E-state index in [0.717, 1.165) is 18.2 Å². The summed E-state index contributed by atoms with van der Waals surface area (Å²) in [6.45, 7) is 5.80. The second-order valence-corrected chi connectivity index (χ2v) is 2.51. The molecule has 0 fully saturated rings. The van der Waals surface area contributed by atoms with Gasteiger partial charge < -0.3 is 0 Å². The summed E-state index contributed by atoms with van der Waals surface area (Å²) < 4.78 is 0. The van der Waals surface area contributed by atoms with Crippen LogP contribution in [0.1, 0.15) is 19.8 Å². The summed E-state index contributed by atoms with van der Waals surface area (Å²) in [4.78, 5) is 0. The molecule has 0 rings (SSSR count). The van der Waals surface area contributed by atoms with Crippen LogP contribution < -0.4 is 0 Å². The van der Waals surface area contributed by atoms with E-state index >= 15 is 0 Å². The number of alkyl halides is 1. The fourth-order valence-electron chi connectivity index (χ4n) is 0.412. The van der Waals surface area contributed by atoms with E-state index in [0.29, 0.717) is 0 Å². The molecule has 50 valence electrons. The molecule has 9 heavy (non-hydrogen) atoms. The molecule has 0 aromatic rings. The van der Waals surface area contributed by atoms with E-state index < -0.39 is 0 Å². The van der Waals surface area contributed by atoms with Gasteiger partial charge in [0.05, 0.1) is 5.33 Å². The molecule has 0 aromatic heterocycles. The summed E-state index contributed by atoms with van der Waals surface area (Å²) in [5.74, 6) is 5.94. The average Bonchev–Trinajstić information content (AvgIpc) is 1.80. The zero-order chi connectivity index (χ0) is 7.11. The van der Waals surface area contributed by atoms with Gasteiger partial charge in [-0.25, -0.2) is 0 Å². The summed E-state index contributed by atoms with van der Waals surface area (Å²) in [5.41, 5.74) is 1.21. The van der Waals surface area contributed by atoms with Crippen LogP contribution in [-0.4, -0.2) is 5.33 Å². The van der Waals surface area contributed by atoms with Gasteiger partial charge in [-0.2, -0.15) is 0 Å². The van der Waals surface area contributed by atoms with Crippen molar-refractivity contribution in [1.29, 1.82) is 0 Å². The van der Waals surface area contributed by atoms with Crippen molar-refractivity contribution < 1.29 is 0 Å². The number of hydrogen-bond donors (Lipinski definition) is 0. The van der Waals surface area contributed by atoms with Crippen LogP contribution in [0.25, 0.3) is 0 Å². The van der Waals surface area contributed by atoms with Gasteiger partial charge in [0.25, 0.3) is 0 Å². The van der Waals surface area contributed by atoms with E-state index in [1.165, 1.54) is 5.57 Å². The summed E-state index contributed by atoms with van der Waals surface area (Å²) in [5, 5.41) is 0.781. The van der Waals surface area contributed by atoms with Crippen LogP contribution in [-0.2, 0) is 0 Å². The highest BCUT2D eigenvalue weighted by atomic mass is 79.9. The van der Waals surface area contributed by atoms with E-state index in [9.17, 15) is 0 Å². The zero-order valence-electron chi connectivity index (χ0n) is 5.71. The highest BCUT2D eigenvalue weighted by Gasteiger charge is 1.80. The molecule has 0 saturated heterocycles. The molecule has 0 unspecified atom stereocenters. The molecule has 1 heteroatoms. The van der Waals surface area contributed by atoms with Gasteiger partial charge in [0.2, 0.25) is 0 Å². The second-order valence-electron chi connectivity index (χ2n) is 1.94. The highest BCUT2D eigenvalue weighted by molar-refractivity contribution is 9.09. The minimum absolute atomic E-state index is 0.781. The molecule has 0 aromatic carbocycles. The Hall–Kier alpha value is -0.220. The van der Waals surface area contributed by atoms with Crippen LogP contribution in [0.15, 0.2) is 12.2 Å². The van der Waals surface area contributed by atoms with Crippen LogP contribution in [0, 0.1) is 11.8 Å². The van der Waals surface area contributed by atoms with Crippen molar-refractivity contribution in [2.24, 2.45) is 0 Å². The van der Waals surface area contributed by atoms with Crippen LogP contribution in [0.3, 0.4) is 0 Å². The van der Waals surface area contributed by atoms with Crippen molar-refractivity contribution in [3.05, 3.63) is 12.2 Å². The van der Waals surface area contributed by atoms with Crippen molar-refractivity contribution in [2.75, 3.05) is 5.33 Å². The third-order valence-electron chi connectivity index (χ3n) is 0.869. The fourth-order valence-corrected chi connectivity index (χ4v) is 0.610. The third kappa shape index (κ3) is 7.78. The van der Waals surface area contributed by atoms with Gasteiger partial charge in [0, 0.05) is 6.42 Å². The Morgan fingerprint density at radius 2 is 2.22 bits per heavy atom. The van der Waals surface area contributed by atoms with Gasteiger partial charge in [-0.3, -0.25) is 0 Å². The largest absolute Gasteiger partial charge is 0.102 e. The van der Waals surface area contributed by atoms with Crippen molar-refractivity contribution >= 4 is 15.9 Å². The van der Waals surface area contributed by atoms with E-state index in [1.54, 1.807) is 0 Å². The first-order chi connectivity index (χ1) is 4.27. The lowest BCUT2D eigenvalue weighted by molar-refractivity contribution is 1.01. The van der Waals surface area contributed by atoms with Crippen LogP contribution in [0.5, 0.6) is 0 Å². The van der Waals surface area contributed by atoms with E-state index in [-0.39, 0.29) is 0 Å². The summed E-state index contributed by atoms with van der Waals surface area (Å²) in [6.07, 6.45) is 1.97. The lowest BCUT2D eigenvalue weighted by Gasteiger charge is -1.88. The molecular formula is C8H11Br. The Morgan fingerprint density at radius 3 is 2.67 bits per heavy atom. The maximum Gasteiger partial charge on any atom is 0.0645 e. The Kier molecular flexibility index (Phi) is 5.76. The highest BCUT2D eigenvalue weighted by Crippen LogP contribution is 1.97. The maximum atomic E-state index is 3.77. The molecule has 0 radical (unpaired) electrons. The Morgan fingerprint density at radius 1 is 1.56 bits per heavy atom. The first-order valence-electron chi connectivity index (χ1n) is 2.93. The van der Waals surface area contributed by atoms with E-state index in [1.807, 2.05) is 6.92 Å². The monoisotopic (exact) mass is 186 g/mol. The van der Waals surface area contributed by atoms with Crippen molar-refractivity contribution in [2.45, 2.75) is 19.8 Å². The smallest absolute Gasteiger partial charge is 0.0645 e. The molecule has 0 N–H and O–H groups in total. The molecule has 0 saturated carbocycles. The first-order valence-corrected chi connectivity index (χ1v) is 4.05. The summed E-state index contributed by atoms with van der Waals surface area (Å²) >= 11 is 3.22. The van der Waals surface area contributed by atoms with Gasteiger partial charge in [0.15, 0.2) is 0 Å². The van der Waals surface area contributed by atoms with Crippen LogP contribution in [0.4, 0.5) is 0 Å². The van der Waals surface area contributed by atoms with Crippen molar-refractivity contribution in [3.8, 4) is 11.8 Å². The molecule has 0 aliphatic rings. The standard InChI is InChI=1S/C8H11Br/c1-8(2)6-4-3-5-7-9/h1,4,6-7H2,2H3. The summed E-state index contributed by atoms with van der Waals surface area (Å²) in [6, 6.07) is 0. The molecule has 0 aliphatic heterocycles. The predicted molar refractivity (Wildman–Crippen MR) is 45.6 cm³/mol. The topological polar surface area (TPSA) is 0 Å². The first kappa shape index (κ1) is 8.78. The third-order valence-corrected chi connectivity index (χ3v) is 1.15. The molecule has 0 aliphatic carbocycles. The molecule has 0 atom stereocenters. The maximum absolute atomic E-state index is 3.77. The lowest BCUT2D eigenvalue weighted by Crippen LogP contribution is -1.71. The number of halogens is 1. The van der Waals surface area contributed by atoms with Crippen molar-refractivity contribution in [1.82, 2.24) is 0 Å². The van der Waals surface area contributed by atoms with Crippen LogP contribution in [0.2, 0.25) is 0 Å². The normalized spacial score (nSPS) is 7.78. The SMILES string of the molecule is C=C(C)CCC#CCBr. The number of rotatable bonds is 2. The predicted octanol–water partition coefficient (Wildman–Crippen LogP) is 2.74. The molecule has 0 nitrogen and oxygen atoms in total. The van der Waals surface area contributed by atoms with E-state index in [2.05, 4.69) is 34.3 Å². The van der Waals surface area contributed by atoms with Gasteiger partial charge in [-0.15, -0.1) is 12.5 Å². The number of hydrogen-bond acceptors (Lipinski definition) is 0. The quantitative estimate of drug-likeness (QED) is 0.354. The molecule has 0 amide bonds. The number of allylic oxidation sites excluding steroid dienone is 1. The van der Waals surface area contributed by atoms with Gasteiger partial charge in [-0.1, -0.05) is 27.4 Å². The molecular weight excluding hydrogens is 176 g/mol.